The highest BCUT2D eigenvalue weighted by atomic mass is 32.2. The summed E-state index contributed by atoms with van der Waals surface area (Å²) in [6.45, 7) is 4.20. The largest absolute Gasteiger partial charge is 0.396 e. The van der Waals surface area contributed by atoms with E-state index in [1.54, 1.807) is 23.4 Å². The topological polar surface area (TPSA) is 72.9 Å². The van der Waals surface area contributed by atoms with Crippen molar-refractivity contribution in [1.29, 1.82) is 0 Å². The Bertz CT molecular complexity index is 645. The van der Waals surface area contributed by atoms with Crippen LogP contribution in [-0.4, -0.2) is 21.8 Å². The van der Waals surface area contributed by atoms with Crippen LogP contribution in [0.1, 0.15) is 27.9 Å². The number of hydrogen-bond acceptors (Lipinski definition) is 6. The van der Waals surface area contributed by atoms with Gasteiger partial charge in [0.25, 0.3) is 0 Å². The summed E-state index contributed by atoms with van der Waals surface area (Å²) >= 11 is 2.97. The molecule has 0 atom stereocenters. The van der Waals surface area contributed by atoms with Crippen LogP contribution in [0.25, 0.3) is 0 Å². The molecular weight excluding hydrogens is 292 g/mol. The van der Waals surface area contributed by atoms with Gasteiger partial charge >= 0.3 is 0 Å². The average molecular weight is 310 g/mol. The molecule has 0 saturated carbocycles. The minimum atomic E-state index is 0.00779. The number of ketones is 1. The number of carbonyl (C=O) groups excluding carboxylic acids is 1. The Balaban J connectivity index is 2.23. The van der Waals surface area contributed by atoms with E-state index in [-0.39, 0.29) is 5.78 Å². The molecule has 0 aliphatic rings. The average Bonchev–Trinajstić information content (AvgIpc) is 2.86. The molecule has 0 unspecified atom stereocenters. The van der Waals surface area contributed by atoms with E-state index in [9.17, 15) is 4.79 Å². The SMILES string of the molecule is CSc1c(NCc2cn(C)nc2C)sc(C(C)=O)c1N. The molecule has 2 aromatic rings. The molecule has 5 nitrogen and oxygen atoms in total. The number of thioether (sulfide) groups is 1. The zero-order valence-electron chi connectivity index (χ0n) is 12.0. The third-order valence-corrected chi connectivity index (χ3v) is 5.20. The number of nitrogens with two attached hydrogens (primary N) is 1. The Morgan fingerprint density at radius 3 is 2.80 bits per heavy atom. The fourth-order valence-corrected chi connectivity index (χ4v) is 3.93. The Kier molecular flexibility index (Phi) is 4.39. The van der Waals surface area contributed by atoms with Crippen LogP contribution in [0.5, 0.6) is 0 Å². The summed E-state index contributed by atoms with van der Waals surface area (Å²) in [7, 11) is 1.90. The summed E-state index contributed by atoms with van der Waals surface area (Å²) in [4.78, 5) is 13.1. The standard InChI is InChI=1S/C13H18N4OS2/c1-7-9(6-17(3)16-7)5-15-13-12(19-4)10(14)11(20-13)8(2)18/h6,15H,5,14H2,1-4H3. The highest BCUT2D eigenvalue weighted by molar-refractivity contribution is 7.99. The number of nitrogen functional groups attached to an aromatic ring is 1. The van der Waals surface area contributed by atoms with Crippen molar-refractivity contribution in [1.82, 2.24) is 9.78 Å². The van der Waals surface area contributed by atoms with Gasteiger partial charge in [0.15, 0.2) is 5.78 Å². The first kappa shape index (κ1) is 14.9. The van der Waals surface area contributed by atoms with Crippen LogP contribution in [-0.2, 0) is 13.6 Å². The summed E-state index contributed by atoms with van der Waals surface area (Å²) in [6, 6.07) is 0. The highest BCUT2D eigenvalue weighted by Crippen LogP contribution is 2.42. The normalized spacial score (nSPS) is 10.8. The van der Waals surface area contributed by atoms with Crippen LogP contribution in [0.4, 0.5) is 10.7 Å². The molecule has 20 heavy (non-hydrogen) atoms. The monoisotopic (exact) mass is 310 g/mol. The zero-order chi connectivity index (χ0) is 14.9. The zero-order valence-corrected chi connectivity index (χ0v) is 13.6. The molecule has 2 heterocycles. The smallest absolute Gasteiger partial charge is 0.171 e. The van der Waals surface area contributed by atoms with Crippen LogP contribution >= 0.6 is 23.1 Å². The van der Waals surface area contributed by atoms with Gasteiger partial charge in [0.1, 0.15) is 5.00 Å². The Morgan fingerprint density at radius 2 is 2.30 bits per heavy atom. The van der Waals surface area contributed by atoms with E-state index in [4.69, 9.17) is 5.73 Å². The lowest BCUT2D eigenvalue weighted by Gasteiger charge is -2.05. The quantitative estimate of drug-likeness (QED) is 0.656. The van der Waals surface area contributed by atoms with Crippen molar-refractivity contribution < 1.29 is 4.79 Å². The number of carbonyl (C=O) groups is 1. The molecule has 0 spiro atoms. The molecule has 0 aliphatic heterocycles. The fourth-order valence-electron chi connectivity index (χ4n) is 2.01. The Hall–Kier alpha value is -1.47. The van der Waals surface area contributed by atoms with Crippen molar-refractivity contribution in [3.05, 3.63) is 22.3 Å². The number of nitrogens with one attached hydrogen (secondary N) is 1. The molecule has 0 radical (unpaired) electrons. The fraction of sp³-hybridized carbons (Fsp3) is 0.385. The molecule has 2 rings (SSSR count). The van der Waals surface area contributed by atoms with Gasteiger partial charge in [-0.25, -0.2) is 0 Å². The maximum absolute atomic E-state index is 11.6. The molecule has 3 N–H and O–H groups in total. The van der Waals surface area contributed by atoms with E-state index >= 15 is 0 Å². The predicted octanol–water partition coefficient (Wildman–Crippen LogP) is 2.91. The van der Waals surface area contributed by atoms with E-state index in [2.05, 4.69) is 10.4 Å². The van der Waals surface area contributed by atoms with Gasteiger partial charge in [-0.15, -0.1) is 23.1 Å². The number of Topliss-reactive ketones (excluding diaryl/α,β-unsaturated/α-hetero) is 1. The molecule has 0 amide bonds. The lowest BCUT2D eigenvalue weighted by Crippen LogP contribution is -1.99. The minimum absolute atomic E-state index is 0.00779. The number of aromatic nitrogens is 2. The van der Waals surface area contributed by atoms with Crippen molar-refractivity contribution >= 4 is 39.6 Å². The number of thiophene rings is 1. The van der Waals surface area contributed by atoms with Crippen molar-refractivity contribution in [2.24, 2.45) is 7.05 Å². The number of aryl methyl sites for hydroxylation is 2. The number of anilines is 2. The molecule has 108 valence electrons. The molecule has 7 heteroatoms. The van der Waals surface area contributed by atoms with Gasteiger partial charge in [0.2, 0.25) is 0 Å². The summed E-state index contributed by atoms with van der Waals surface area (Å²) < 4.78 is 1.80. The van der Waals surface area contributed by atoms with Gasteiger partial charge in [-0.2, -0.15) is 5.10 Å². The second-order valence-electron chi connectivity index (χ2n) is 4.53. The van der Waals surface area contributed by atoms with E-state index < -0.39 is 0 Å². The van der Waals surface area contributed by atoms with E-state index in [1.807, 2.05) is 26.4 Å². The lowest BCUT2D eigenvalue weighted by molar-refractivity contribution is 0.102. The van der Waals surface area contributed by atoms with E-state index in [0.717, 1.165) is 21.2 Å². The predicted molar refractivity (Wildman–Crippen MR) is 85.8 cm³/mol. The first-order chi connectivity index (χ1) is 9.43. The van der Waals surface area contributed by atoms with Crippen molar-refractivity contribution in [2.75, 3.05) is 17.3 Å². The summed E-state index contributed by atoms with van der Waals surface area (Å²) in [5, 5.41) is 8.62. The summed E-state index contributed by atoms with van der Waals surface area (Å²) in [6.07, 6.45) is 3.95. The van der Waals surface area contributed by atoms with Crippen LogP contribution < -0.4 is 11.1 Å². The van der Waals surface area contributed by atoms with Gasteiger partial charge in [-0.3, -0.25) is 9.48 Å². The lowest BCUT2D eigenvalue weighted by atomic mass is 10.2. The van der Waals surface area contributed by atoms with Crippen molar-refractivity contribution in [3.63, 3.8) is 0 Å². The molecule has 0 saturated heterocycles. The number of hydrogen-bond donors (Lipinski definition) is 2. The number of nitrogens with zero attached hydrogens (tertiary/aromatic N) is 2. The molecule has 0 fully saturated rings. The Morgan fingerprint density at radius 1 is 1.60 bits per heavy atom. The molecule has 2 aromatic heterocycles. The van der Waals surface area contributed by atoms with Crippen molar-refractivity contribution in [2.45, 2.75) is 25.3 Å². The van der Waals surface area contributed by atoms with Crippen LogP contribution in [0.15, 0.2) is 11.1 Å². The van der Waals surface area contributed by atoms with Gasteiger partial charge in [-0.1, -0.05) is 0 Å². The van der Waals surface area contributed by atoms with Crippen LogP contribution in [0, 0.1) is 6.92 Å². The van der Waals surface area contributed by atoms with E-state index in [1.165, 1.54) is 11.3 Å². The second-order valence-corrected chi connectivity index (χ2v) is 6.37. The van der Waals surface area contributed by atoms with Gasteiger partial charge in [0.05, 0.1) is 21.2 Å². The molecule has 0 aliphatic carbocycles. The third kappa shape index (κ3) is 2.83. The van der Waals surface area contributed by atoms with E-state index in [0.29, 0.717) is 17.1 Å². The van der Waals surface area contributed by atoms with Crippen LogP contribution in [0.2, 0.25) is 0 Å². The third-order valence-electron chi connectivity index (χ3n) is 2.98. The summed E-state index contributed by atoms with van der Waals surface area (Å²) in [5.74, 6) is 0.00779. The van der Waals surface area contributed by atoms with Gasteiger partial charge in [0, 0.05) is 32.3 Å². The highest BCUT2D eigenvalue weighted by Gasteiger charge is 2.18. The summed E-state index contributed by atoms with van der Waals surface area (Å²) in [5.41, 5.74) is 8.75. The van der Waals surface area contributed by atoms with Crippen molar-refractivity contribution in [3.8, 4) is 0 Å². The number of rotatable bonds is 5. The maximum Gasteiger partial charge on any atom is 0.171 e. The maximum atomic E-state index is 11.6. The van der Waals surface area contributed by atoms with Gasteiger partial charge < -0.3 is 11.1 Å². The van der Waals surface area contributed by atoms with Gasteiger partial charge in [-0.05, 0) is 13.2 Å². The van der Waals surface area contributed by atoms with Crippen LogP contribution in [0.3, 0.4) is 0 Å². The molecule has 0 bridgehead atoms. The second kappa shape index (κ2) is 5.88. The molecule has 0 aromatic carbocycles. The molecular formula is C13H18N4OS2. The first-order valence-electron chi connectivity index (χ1n) is 6.14. The first-order valence-corrected chi connectivity index (χ1v) is 8.18. The Labute approximate surface area is 126 Å². The minimum Gasteiger partial charge on any atom is -0.396 e.